The Labute approximate surface area is 137 Å². The number of anilines is 1. The summed E-state index contributed by atoms with van der Waals surface area (Å²) in [4.78, 5) is 16.4. The van der Waals surface area contributed by atoms with Gasteiger partial charge in [0, 0.05) is 38.8 Å². The Balaban J connectivity index is 1.73. The number of aromatic nitrogens is 1. The molecule has 7 nitrogen and oxygen atoms in total. The number of rotatable bonds is 7. The number of nitrogens with zero attached hydrogens (tertiary/aromatic N) is 3. The highest BCUT2D eigenvalue weighted by molar-refractivity contribution is 5.91. The minimum Gasteiger partial charge on any atom is -0.389 e. The van der Waals surface area contributed by atoms with Crippen LogP contribution in [0.4, 0.5) is 5.82 Å². The second kappa shape index (κ2) is 7.90. The maximum absolute atomic E-state index is 12.0. The van der Waals surface area contributed by atoms with E-state index in [0.29, 0.717) is 24.7 Å². The lowest BCUT2D eigenvalue weighted by Crippen LogP contribution is -2.52. The van der Waals surface area contributed by atoms with Crippen molar-refractivity contribution in [2.24, 2.45) is 0 Å². The van der Waals surface area contributed by atoms with E-state index in [1.54, 1.807) is 13.0 Å². The van der Waals surface area contributed by atoms with Crippen molar-refractivity contribution in [1.82, 2.24) is 15.0 Å². The van der Waals surface area contributed by atoms with E-state index in [1.165, 1.54) is 0 Å². The Morgan fingerprint density at radius 1 is 1.30 bits per heavy atom. The van der Waals surface area contributed by atoms with Crippen LogP contribution in [0.2, 0.25) is 0 Å². The molecule has 7 heteroatoms. The number of aryl methyl sites for hydroxylation is 1. The molecule has 0 radical (unpaired) electrons. The molecule has 2 N–H and O–H groups in total. The number of hydrogen-bond acceptors (Lipinski definition) is 6. The first-order valence-corrected chi connectivity index (χ1v) is 8.34. The topological polar surface area (TPSA) is 81.8 Å². The largest absolute Gasteiger partial charge is 0.389 e. The minimum atomic E-state index is -0.593. The van der Waals surface area contributed by atoms with Gasteiger partial charge in [-0.15, -0.1) is 0 Å². The Morgan fingerprint density at radius 3 is 2.43 bits per heavy atom. The average Bonchev–Trinajstić information content (AvgIpc) is 2.94. The molecule has 1 aliphatic heterocycles. The van der Waals surface area contributed by atoms with Crippen LogP contribution in [0, 0.1) is 6.92 Å². The third kappa shape index (κ3) is 5.30. The maximum atomic E-state index is 12.0. The molecule has 1 fully saturated rings. The van der Waals surface area contributed by atoms with E-state index in [1.807, 2.05) is 13.8 Å². The molecule has 1 aromatic heterocycles. The van der Waals surface area contributed by atoms with Gasteiger partial charge in [-0.3, -0.25) is 14.6 Å². The summed E-state index contributed by atoms with van der Waals surface area (Å²) < 4.78 is 4.93. The van der Waals surface area contributed by atoms with Gasteiger partial charge < -0.3 is 14.9 Å². The molecule has 0 bridgehead atoms. The molecule has 2 rings (SSSR count). The molecule has 0 aliphatic carbocycles. The Morgan fingerprint density at radius 2 is 1.91 bits per heavy atom. The van der Waals surface area contributed by atoms with Crippen molar-refractivity contribution in [3.8, 4) is 0 Å². The van der Waals surface area contributed by atoms with Gasteiger partial charge in [0.25, 0.3) is 0 Å². The number of nitrogens with one attached hydrogen (secondary N) is 1. The van der Waals surface area contributed by atoms with Crippen LogP contribution in [0.3, 0.4) is 0 Å². The number of amides is 1. The van der Waals surface area contributed by atoms with Crippen LogP contribution in [0.5, 0.6) is 0 Å². The fraction of sp³-hybridized carbons (Fsp3) is 0.750. The predicted octanol–water partition coefficient (Wildman–Crippen LogP) is 1.09. The molecule has 1 aliphatic rings. The molecule has 0 aromatic carbocycles. The van der Waals surface area contributed by atoms with E-state index >= 15 is 0 Å². The van der Waals surface area contributed by atoms with E-state index in [2.05, 4.69) is 20.3 Å². The summed E-state index contributed by atoms with van der Waals surface area (Å²) in [5.74, 6) is 1.06. The van der Waals surface area contributed by atoms with Crippen molar-refractivity contribution >= 4 is 11.7 Å². The van der Waals surface area contributed by atoms with E-state index < -0.39 is 5.60 Å². The van der Waals surface area contributed by atoms with E-state index in [-0.39, 0.29) is 5.91 Å². The number of piperazine rings is 1. The predicted molar refractivity (Wildman–Crippen MR) is 88.3 cm³/mol. The van der Waals surface area contributed by atoms with Gasteiger partial charge in [-0.2, -0.15) is 0 Å². The van der Waals surface area contributed by atoms with Crippen LogP contribution < -0.4 is 5.32 Å². The maximum Gasteiger partial charge on any atom is 0.239 e. The van der Waals surface area contributed by atoms with Crippen molar-refractivity contribution in [2.75, 3.05) is 44.6 Å². The molecule has 1 amide bonds. The second-order valence-electron chi connectivity index (χ2n) is 6.35. The number of aliphatic hydroxyl groups is 1. The second-order valence-corrected chi connectivity index (χ2v) is 6.35. The molecular weight excluding hydrogens is 296 g/mol. The van der Waals surface area contributed by atoms with Gasteiger partial charge in [0.2, 0.25) is 5.91 Å². The van der Waals surface area contributed by atoms with Crippen molar-refractivity contribution < 1.29 is 14.4 Å². The molecule has 0 spiro atoms. The van der Waals surface area contributed by atoms with Gasteiger partial charge in [0.1, 0.15) is 5.76 Å². The normalized spacial score (nSPS) is 17.4. The minimum absolute atomic E-state index is 0.0784. The lowest BCUT2D eigenvalue weighted by atomic mass is 9.96. The fourth-order valence-corrected chi connectivity index (χ4v) is 2.81. The molecule has 2 heterocycles. The molecule has 0 atom stereocenters. The van der Waals surface area contributed by atoms with Crippen LogP contribution in [0.1, 0.15) is 32.4 Å². The van der Waals surface area contributed by atoms with Crippen LogP contribution in [0.25, 0.3) is 0 Å². The number of carbonyl (C=O) groups excluding carboxylic acids is 1. The van der Waals surface area contributed by atoms with Gasteiger partial charge in [-0.25, -0.2) is 0 Å². The highest BCUT2D eigenvalue weighted by Crippen LogP contribution is 2.17. The first kappa shape index (κ1) is 17.9. The number of hydrogen-bond donors (Lipinski definition) is 2. The fourth-order valence-electron chi connectivity index (χ4n) is 2.81. The Hall–Kier alpha value is -1.44. The van der Waals surface area contributed by atoms with Gasteiger partial charge in [0.05, 0.1) is 12.1 Å². The van der Waals surface area contributed by atoms with Gasteiger partial charge in [-0.1, -0.05) is 19.0 Å². The molecule has 0 saturated carbocycles. The zero-order valence-electron chi connectivity index (χ0n) is 14.3. The monoisotopic (exact) mass is 324 g/mol. The van der Waals surface area contributed by atoms with Gasteiger partial charge >= 0.3 is 0 Å². The summed E-state index contributed by atoms with van der Waals surface area (Å²) >= 11 is 0. The quantitative estimate of drug-likeness (QED) is 0.781. The number of β-amino-alcohol motifs (C(OH)–C–C–N with tert-alkyl or cyclic N) is 1. The first-order chi connectivity index (χ1) is 10.9. The van der Waals surface area contributed by atoms with E-state index in [9.17, 15) is 9.90 Å². The average molecular weight is 324 g/mol. The van der Waals surface area contributed by atoms with Crippen molar-refractivity contribution in [3.05, 3.63) is 11.8 Å². The smallest absolute Gasteiger partial charge is 0.239 e. The lowest BCUT2D eigenvalue weighted by molar-refractivity contribution is -0.118. The zero-order valence-corrected chi connectivity index (χ0v) is 14.3. The summed E-state index contributed by atoms with van der Waals surface area (Å²) in [6.07, 6.45) is 1.53. The van der Waals surface area contributed by atoms with Crippen molar-refractivity contribution in [2.45, 2.75) is 39.2 Å². The van der Waals surface area contributed by atoms with Crippen molar-refractivity contribution in [1.29, 1.82) is 0 Å². The van der Waals surface area contributed by atoms with Gasteiger partial charge in [-0.05, 0) is 19.8 Å². The summed E-state index contributed by atoms with van der Waals surface area (Å²) in [7, 11) is 0. The lowest BCUT2D eigenvalue weighted by Gasteiger charge is -2.38. The van der Waals surface area contributed by atoms with E-state index in [0.717, 1.165) is 39.0 Å². The third-order valence-electron chi connectivity index (χ3n) is 4.56. The zero-order chi connectivity index (χ0) is 16.9. The highest BCUT2D eigenvalue weighted by Gasteiger charge is 2.28. The van der Waals surface area contributed by atoms with Crippen LogP contribution in [0.15, 0.2) is 10.6 Å². The number of carbonyl (C=O) groups is 1. The summed E-state index contributed by atoms with van der Waals surface area (Å²) in [6.45, 7) is 10.3. The van der Waals surface area contributed by atoms with Crippen molar-refractivity contribution in [3.63, 3.8) is 0 Å². The molecular formula is C16H28N4O3. The molecule has 1 aromatic rings. The summed E-state index contributed by atoms with van der Waals surface area (Å²) in [5.41, 5.74) is -0.593. The highest BCUT2D eigenvalue weighted by atomic mass is 16.5. The van der Waals surface area contributed by atoms with Crippen LogP contribution in [-0.2, 0) is 4.79 Å². The Kier molecular flexibility index (Phi) is 6.15. The van der Waals surface area contributed by atoms with Gasteiger partial charge in [0.15, 0.2) is 5.82 Å². The van der Waals surface area contributed by atoms with Crippen LogP contribution in [-0.4, -0.2) is 70.8 Å². The van der Waals surface area contributed by atoms with E-state index in [4.69, 9.17) is 4.52 Å². The molecule has 1 saturated heterocycles. The third-order valence-corrected chi connectivity index (χ3v) is 4.56. The molecule has 130 valence electrons. The Bertz CT molecular complexity index is 505. The first-order valence-electron chi connectivity index (χ1n) is 8.34. The summed E-state index contributed by atoms with van der Waals surface area (Å²) in [6, 6.07) is 1.70. The molecule has 23 heavy (non-hydrogen) atoms. The summed E-state index contributed by atoms with van der Waals surface area (Å²) in [5, 5.41) is 16.9. The molecule has 0 unspecified atom stereocenters. The standard InChI is InChI=1S/C16H28N4O3/c1-4-16(22,5-2)12-20-8-6-19(7-9-20)11-15(21)17-14-10-13(3)23-18-14/h10,22H,4-9,11-12H2,1-3H3,(H,17,18,21). The SMILES string of the molecule is CCC(O)(CC)CN1CCN(CC(=O)Nc2cc(C)on2)CC1. The van der Waals surface area contributed by atoms with Crippen LogP contribution >= 0.6 is 0 Å².